The van der Waals surface area contributed by atoms with Gasteiger partial charge in [-0.15, -0.1) is 0 Å². The molecule has 1 N–H and O–H groups in total. The van der Waals surface area contributed by atoms with E-state index in [4.69, 9.17) is 0 Å². The van der Waals surface area contributed by atoms with Crippen molar-refractivity contribution in [3.8, 4) is 0 Å². The van der Waals surface area contributed by atoms with E-state index in [2.05, 4.69) is 10.2 Å². The number of halogens is 2. The Morgan fingerprint density at radius 1 is 0.926 bits per heavy atom. The molecule has 0 unspecified atom stereocenters. The molecule has 2 aliphatic rings. The molecule has 6 nitrogen and oxygen atoms in total. The van der Waals surface area contributed by atoms with E-state index in [9.17, 15) is 17.2 Å². The molecule has 0 bridgehead atoms. The van der Waals surface area contributed by atoms with Crippen LogP contribution < -0.4 is 13.9 Å². The minimum absolute atomic E-state index is 0.243. The van der Waals surface area contributed by atoms with Crippen LogP contribution in [0.1, 0.15) is 0 Å². The normalized spacial score (nSPS) is 19.3. The zero-order valence-electron chi connectivity index (χ0n) is 14.6. The van der Waals surface area contributed by atoms with E-state index < -0.39 is 21.8 Å². The van der Waals surface area contributed by atoms with E-state index in [0.717, 1.165) is 48.7 Å². The molecule has 0 radical (unpaired) electrons. The third-order valence-corrected chi connectivity index (χ3v) is 6.63. The summed E-state index contributed by atoms with van der Waals surface area (Å²) in [5, 5.41) is 3.26. The van der Waals surface area contributed by atoms with Crippen LogP contribution in [0.25, 0.3) is 0 Å². The Kier molecular flexibility index (Phi) is 4.75. The largest absolute Gasteiger partial charge is 0.331 e. The van der Waals surface area contributed by atoms with E-state index in [1.807, 2.05) is 0 Å². The van der Waals surface area contributed by atoms with Gasteiger partial charge in [0.05, 0.1) is 17.1 Å². The molecule has 2 aromatic rings. The van der Waals surface area contributed by atoms with Crippen molar-refractivity contribution >= 4 is 27.3 Å². The molecule has 2 aliphatic heterocycles. The van der Waals surface area contributed by atoms with Gasteiger partial charge < -0.3 is 5.32 Å². The Bertz CT molecular complexity index is 948. The van der Waals surface area contributed by atoms with E-state index >= 15 is 0 Å². The van der Waals surface area contributed by atoms with Gasteiger partial charge in [0, 0.05) is 45.3 Å². The maximum Gasteiger partial charge on any atom is 0.331 e. The summed E-state index contributed by atoms with van der Waals surface area (Å²) in [5.41, 5.74) is 0.478. The molecule has 2 aromatic carbocycles. The first-order chi connectivity index (χ1) is 13.0. The second kappa shape index (κ2) is 7.06. The quantitative estimate of drug-likeness (QED) is 0.863. The molecular formula is C18H20F2N4O2S. The van der Waals surface area contributed by atoms with Crippen molar-refractivity contribution in [3.05, 3.63) is 54.1 Å². The highest BCUT2D eigenvalue weighted by atomic mass is 32.2. The Hall–Kier alpha value is -2.23. The van der Waals surface area contributed by atoms with E-state index in [1.54, 1.807) is 24.3 Å². The zero-order valence-corrected chi connectivity index (χ0v) is 15.4. The summed E-state index contributed by atoms with van der Waals surface area (Å²) >= 11 is 0. The highest BCUT2D eigenvalue weighted by Crippen LogP contribution is 2.45. The number of fused-ring (bicyclic) bond motifs is 1. The number of piperazine rings is 1. The summed E-state index contributed by atoms with van der Waals surface area (Å²) in [7, 11) is -4.06. The lowest BCUT2D eigenvalue weighted by Crippen LogP contribution is -2.47. The van der Waals surface area contributed by atoms with Gasteiger partial charge in [-0.25, -0.2) is 17.4 Å². The standard InChI is InChI=1S/C18H20F2N4O2S/c19-14-5-6-15(20)18(13-14)24-17-4-2-1-3-16(17)23(27(24,25)26)12-11-22-9-7-21-8-10-22/h1-6,13,21H,7-12H2. The van der Waals surface area contributed by atoms with E-state index in [-0.39, 0.29) is 12.2 Å². The third kappa shape index (κ3) is 3.26. The molecule has 1 saturated heterocycles. The average Bonchev–Trinajstić information content (AvgIpc) is 2.89. The highest BCUT2D eigenvalue weighted by molar-refractivity contribution is 7.95. The first-order valence-corrected chi connectivity index (χ1v) is 10.2. The molecule has 1 fully saturated rings. The van der Waals surface area contributed by atoms with Gasteiger partial charge in [-0.05, 0) is 24.3 Å². The van der Waals surface area contributed by atoms with Crippen LogP contribution in [-0.4, -0.2) is 52.6 Å². The number of para-hydroxylation sites is 2. The van der Waals surface area contributed by atoms with E-state index in [1.165, 1.54) is 4.31 Å². The fraction of sp³-hybridized carbons (Fsp3) is 0.333. The number of nitrogens with zero attached hydrogens (tertiary/aromatic N) is 3. The number of anilines is 3. The van der Waals surface area contributed by atoms with Crippen LogP contribution in [0.4, 0.5) is 25.8 Å². The Morgan fingerprint density at radius 2 is 1.63 bits per heavy atom. The first-order valence-electron chi connectivity index (χ1n) is 8.78. The molecule has 0 aliphatic carbocycles. The van der Waals surface area contributed by atoms with Gasteiger partial charge in [-0.1, -0.05) is 12.1 Å². The van der Waals surface area contributed by atoms with Crippen molar-refractivity contribution in [2.24, 2.45) is 0 Å². The lowest BCUT2D eigenvalue weighted by molar-refractivity contribution is 0.248. The van der Waals surface area contributed by atoms with Crippen molar-refractivity contribution in [1.29, 1.82) is 0 Å². The highest BCUT2D eigenvalue weighted by Gasteiger charge is 2.42. The number of benzene rings is 2. The molecule has 0 spiro atoms. The molecule has 0 amide bonds. The summed E-state index contributed by atoms with van der Waals surface area (Å²) in [6, 6.07) is 9.51. The van der Waals surface area contributed by atoms with Crippen molar-refractivity contribution in [2.75, 3.05) is 47.9 Å². The summed E-state index contributed by atoms with van der Waals surface area (Å²) < 4.78 is 56.7. The fourth-order valence-corrected chi connectivity index (χ4v) is 5.20. The van der Waals surface area contributed by atoms with Gasteiger partial charge in [-0.3, -0.25) is 4.90 Å². The molecule has 4 rings (SSSR count). The van der Waals surface area contributed by atoms with Crippen LogP contribution in [0, 0.1) is 11.6 Å². The SMILES string of the molecule is O=S1(=O)N(CCN2CCNCC2)c2ccccc2N1c1cc(F)ccc1F. The molecule has 27 heavy (non-hydrogen) atoms. The molecule has 0 atom stereocenters. The second-order valence-electron chi connectivity index (χ2n) is 6.52. The van der Waals surface area contributed by atoms with Crippen molar-refractivity contribution in [3.63, 3.8) is 0 Å². The first kappa shape index (κ1) is 18.1. The molecule has 9 heteroatoms. The topological polar surface area (TPSA) is 55.9 Å². The lowest BCUT2D eigenvalue weighted by Gasteiger charge is -2.29. The van der Waals surface area contributed by atoms with Crippen LogP contribution in [0.3, 0.4) is 0 Å². The summed E-state index contributed by atoms with van der Waals surface area (Å²) in [4.78, 5) is 2.18. The number of nitrogens with one attached hydrogen (secondary N) is 1. The zero-order chi connectivity index (χ0) is 19.0. The Labute approximate surface area is 157 Å². The van der Waals surface area contributed by atoms with E-state index in [0.29, 0.717) is 17.9 Å². The minimum Gasteiger partial charge on any atom is -0.314 e. The third-order valence-electron chi connectivity index (χ3n) is 4.83. The second-order valence-corrected chi connectivity index (χ2v) is 8.22. The molecular weight excluding hydrogens is 374 g/mol. The molecule has 0 saturated carbocycles. The van der Waals surface area contributed by atoms with Crippen molar-refractivity contribution in [1.82, 2.24) is 10.2 Å². The predicted molar refractivity (Wildman–Crippen MR) is 101 cm³/mol. The van der Waals surface area contributed by atoms with Crippen LogP contribution in [0.15, 0.2) is 42.5 Å². The number of hydrogen-bond acceptors (Lipinski definition) is 4. The molecule has 0 aromatic heterocycles. The van der Waals surface area contributed by atoms with Gasteiger partial charge in [0.25, 0.3) is 0 Å². The van der Waals surface area contributed by atoms with Crippen LogP contribution >= 0.6 is 0 Å². The monoisotopic (exact) mass is 394 g/mol. The van der Waals surface area contributed by atoms with Crippen LogP contribution in [-0.2, 0) is 10.2 Å². The predicted octanol–water partition coefficient (Wildman–Crippen LogP) is 2.07. The summed E-state index contributed by atoms with van der Waals surface area (Å²) in [6.07, 6.45) is 0. The van der Waals surface area contributed by atoms with Gasteiger partial charge in [0.2, 0.25) is 0 Å². The van der Waals surface area contributed by atoms with Gasteiger partial charge in [-0.2, -0.15) is 8.42 Å². The smallest absolute Gasteiger partial charge is 0.314 e. The number of rotatable bonds is 4. The summed E-state index contributed by atoms with van der Waals surface area (Å²) in [6.45, 7) is 4.23. The average molecular weight is 394 g/mol. The molecule has 2 heterocycles. The van der Waals surface area contributed by atoms with Gasteiger partial charge in [0.1, 0.15) is 11.6 Å². The van der Waals surface area contributed by atoms with Gasteiger partial charge >= 0.3 is 10.2 Å². The Morgan fingerprint density at radius 3 is 2.37 bits per heavy atom. The summed E-state index contributed by atoms with van der Waals surface area (Å²) in [5.74, 6) is -1.49. The maximum atomic E-state index is 14.4. The van der Waals surface area contributed by atoms with Crippen molar-refractivity contribution in [2.45, 2.75) is 0 Å². The van der Waals surface area contributed by atoms with Crippen LogP contribution in [0.2, 0.25) is 0 Å². The Balaban J connectivity index is 1.70. The molecule has 144 valence electrons. The number of hydrogen-bond donors (Lipinski definition) is 1. The minimum atomic E-state index is -4.06. The van der Waals surface area contributed by atoms with Gasteiger partial charge in [0.15, 0.2) is 0 Å². The fourth-order valence-electron chi connectivity index (χ4n) is 3.49. The van der Waals surface area contributed by atoms with Crippen molar-refractivity contribution < 1.29 is 17.2 Å². The van der Waals surface area contributed by atoms with Crippen LogP contribution in [0.5, 0.6) is 0 Å². The maximum absolute atomic E-state index is 14.4. The lowest BCUT2D eigenvalue weighted by atomic mass is 10.2.